The van der Waals surface area contributed by atoms with Crippen molar-refractivity contribution in [2.24, 2.45) is 0 Å². The van der Waals surface area contributed by atoms with E-state index in [1.54, 1.807) is 19.1 Å². The maximum atomic E-state index is 13.7. The molecule has 1 aromatic heterocycles. The molecule has 0 amide bonds. The van der Waals surface area contributed by atoms with Crippen LogP contribution in [0.1, 0.15) is 17.4 Å². The van der Waals surface area contributed by atoms with Gasteiger partial charge in [-0.1, -0.05) is 11.2 Å². The number of ether oxygens (including phenoxy) is 1. The smallest absolute Gasteiger partial charge is 0.360 e. The summed E-state index contributed by atoms with van der Waals surface area (Å²) in [5.41, 5.74) is 0.238. The van der Waals surface area contributed by atoms with Crippen molar-refractivity contribution in [2.75, 3.05) is 6.61 Å². The highest BCUT2D eigenvalue weighted by molar-refractivity contribution is 9.10. The molecule has 0 aliphatic rings. The Morgan fingerprint density at radius 3 is 3.00 bits per heavy atom. The predicted molar refractivity (Wildman–Crippen MR) is 65.6 cm³/mol. The zero-order valence-electron chi connectivity index (χ0n) is 9.44. The van der Waals surface area contributed by atoms with Crippen molar-refractivity contribution < 1.29 is 18.4 Å². The van der Waals surface area contributed by atoms with Gasteiger partial charge in [-0.3, -0.25) is 0 Å². The maximum Gasteiger partial charge on any atom is 0.360 e. The van der Waals surface area contributed by atoms with Crippen LogP contribution in [-0.4, -0.2) is 17.7 Å². The van der Waals surface area contributed by atoms with Crippen molar-refractivity contribution in [3.8, 4) is 11.3 Å². The first-order valence-corrected chi connectivity index (χ1v) is 6.01. The number of esters is 1. The second-order valence-electron chi connectivity index (χ2n) is 3.39. The van der Waals surface area contributed by atoms with E-state index in [1.807, 2.05) is 0 Å². The van der Waals surface area contributed by atoms with E-state index < -0.39 is 11.8 Å². The molecule has 0 saturated heterocycles. The first kappa shape index (κ1) is 12.8. The molecule has 0 saturated carbocycles. The van der Waals surface area contributed by atoms with Gasteiger partial charge >= 0.3 is 5.97 Å². The van der Waals surface area contributed by atoms with E-state index in [0.717, 1.165) is 0 Å². The van der Waals surface area contributed by atoms with Gasteiger partial charge in [0.05, 0.1) is 12.2 Å². The minimum Gasteiger partial charge on any atom is -0.461 e. The second kappa shape index (κ2) is 5.30. The van der Waals surface area contributed by atoms with Gasteiger partial charge in [0, 0.05) is 10.5 Å². The summed E-state index contributed by atoms with van der Waals surface area (Å²) in [7, 11) is 0. The van der Waals surface area contributed by atoms with Gasteiger partial charge in [0.2, 0.25) is 0 Å². The third-order valence-electron chi connectivity index (χ3n) is 2.20. The number of aromatic nitrogens is 1. The molecule has 2 aromatic rings. The van der Waals surface area contributed by atoms with Gasteiger partial charge in [-0.15, -0.1) is 0 Å². The van der Waals surface area contributed by atoms with Crippen molar-refractivity contribution in [2.45, 2.75) is 6.92 Å². The lowest BCUT2D eigenvalue weighted by molar-refractivity contribution is 0.0514. The summed E-state index contributed by atoms with van der Waals surface area (Å²) in [6, 6.07) is 5.88. The summed E-state index contributed by atoms with van der Waals surface area (Å²) in [6.45, 7) is 1.93. The zero-order valence-corrected chi connectivity index (χ0v) is 11.0. The molecule has 0 N–H and O–H groups in total. The zero-order chi connectivity index (χ0) is 13.1. The largest absolute Gasteiger partial charge is 0.461 e. The lowest BCUT2D eigenvalue weighted by atomic mass is 10.1. The average Bonchev–Trinajstić information content (AvgIpc) is 2.78. The number of carbonyl (C=O) groups excluding carboxylic acids is 1. The van der Waals surface area contributed by atoms with Crippen LogP contribution in [-0.2, 0) is 4.74 Å². The van der Waals surface area contributed by atoms with Gasteiger partial charge in [0.1, 0.15) is 5.82 Å². The summed E-state index contributed by atoms with van der Waals surface area (Å²) in [5.74, 6) is -0.890. The van der Waals surface area contributed by atoms with E-state index in [1.165, 1.54) is 12.1 Å². The molecule has 1 heterocycles. The normalized spacial score (nSPS) is 10.4. The fourth-order valence-corrected chi connectivity index (χ4v) is 1.96. The van der Waals surface area contributed by atoms with Crippen molar-refractivity contribution in [3.63, 3.8) is 0 Å². The van der Waals surface area contributed by atoms with Gasteiger partial charge in [-0.25, -0.2) is 9.18 Å². The highest BCUT2D eigenvalue weighted by atomic mass is 79.9. The van der Waals surface area contributed by atoms with Gasteiger partial charge in [0.15, 0.2) is 11.5 Å². The molecule has 0 bridgehead atoms. The average molecular weight is 314 g/mol. The molecule has 0 fully saturated rings. The fraction of sp³-hybridized carbons (Fsp3) is 0.167. The fourth-order valence-electron chi connectivity index (χ4n) is 1.43. The number of hydrogen-bond donors (Lipinski definition) is 0. The maximum absolute atomic E-state index is 13.7. The molecule has 18 heavy (non-hydrogen) atoms. The Labute approximate surface area is 111 Å². The lowest BCUT2D eigenvalue weighted by Crippen LogP contribution is -2.04. The molecule has 0 aliphatic carbocycles. The van der Waals surface area contributed by atoms with Gasteiger partial charge in [-0.2, -0.15) is 0 Å². The monoisotopic (exact) mass is 313 g/mol. The predicted octanol–water partition coefficient (Wildman–Crippen LogP) is 3.42. The van der Waals surface area contributed by atoms with Crippen LogP contribution in [0.15, 0.2) is 33.3 Å². The number of rotatable bonds is 3. The van der Waals surface area contributed by atoms with E-state index in [2.05, 4.69) is 21.1 Å². The molecule has 0 spiro atoms. The standard InChI is InChI=1S/C12H9BrFNO3/c1-2-17-12(16)9-6-10(18-15-9)11-7(13)4-3-5-8(11)14/h3-6H,2H2,1H3. The van der Waals surface area contributed by atoms with E-state index in [4.69, 9.17) is 9.26 Å². The first-order valence-electron chi connectivity index (χ1n) is 5.21. The van der Waals surface area contributed by atoms with Crippen LogP contribution in [0.25, 0.3) is 11.3 Å². The Kier molecular flexibility index (Phi) is 3.76. The minimum atomic E-state index is -0.597. The summed E-state index contributed by atoms with van der Waals surface area (Å²) in [5, 5.41) is 3.56. The van der Waals surface area contributed by atoms with Crippen molar-refractivity contribution in [1.29, 1.82) is 0 Å². The molecule has 94 valence electrons. The van der Waals surface area contributed by atoms with E-state index in [0.29, 0.717) is 4.47 Å². The third kappa shape index (κ3) is 2.43. The van der Waals surface area contributed by atoms with Crippen LogP contribution in [0, 0.1) is 5.82 Å². The number of carbonyl (C=O) groups is 1. The Hall–Kier alpha value is -1.69. The molecule has 4 nitrogen and oxygen atoms in total. The third-order valence-corrected chi connectivity index (χ3v) is 2.86. The number of nitrogens with zero attached hydrogens (tertiary/aromatic N) is 1. The van der Waals surface area contributed by atoms with Crippen LogP contribution >= 0.6 is 15.9 Å². The Morgan fingerprint density at radius 1 is 1.56 bits per heavy atom. The molecule has 0 unspecified atom stereocenters. The summed E-state index contributed by atoms with van der Waals surface area (Å²) in [4.78, 5) is 11.4. The molecule has 0 radical (unpaired) electrons. The van der Waals surface area contributed by atoms with Crippen molar-refractivity contribution >= 4 is 21.9 Å². The van der Waals surface area contributed by atoms with Crippen LogP contribution in [0.3, 0.4) is 0 Å². The van der Waals surface area contributed by atoms with Gasteiger partial charge < -0.3 is 9.26 Å². The number of halogens is 2. The van der Waals surface area contributed by atoms with E-state index in [-0.39, 0.29) is 23.6 Å². The van der Waals surface area contributed by atoms with Gasteiger partial charge in [0.25, 0.3) is 0 Å². The number of hydrogen-bond acceptors (Lipinski definition) is 4. The van der Waals surface area contributed by atoms with Crippen LogP contribution in [0.5, 0.6) is 0 Å². The minimum absolute atomic E-state index is 0.0157. The van der Waals surface area contributed by atoms with Crippen molar-refractivity contribution in [1.82, 2.24) is 5.16 Å². The molecule has 1 aromatic carbocycles. The van der Waals surface area contributed by atoms with Crippen LogP contribution in [0.4, 0.5) is 4.39 Å². The Balaban J connectivity index is 2.38. The second-order valence-corrected chi connectivity index (χ2v) is 4.25. The van der Waals surface area contributed by atoms with Gasteiger partial charge in [-0.05, 0) is 35.0 Å². The molecular weight excluding hydrogens is 305 g/mol. The Bertz CT molecular complexity index is 562. The lowest BCUT2D eigenvalue weighted by Gasteiger charge is -2.00. The molecule has 2 rings (SSSR count). The first-order chi connectivity index (χ1) is 8.63. The summed E-state index contributed by atoms with van der Waals surface area (Å²) >= 11 is 3.22. The SMILES string of the molecule is CCOC(=O)c1cc(-c2c(F)cccc2Br)on1. The summed E-state index contributed by atoms with van der Waals surface area (Å²) in [6.07, 6.45) is 0. The highest BCUT2D eigenvalue weighted by Gasteiger charge is 2.18. The van der Waals surface area contributed by atoms with E-state index in [9.17, 15) is 9.18 Å². The van der Waals surface area contributed by atoms with E-state index >= 15 is 0 Å². The van der Waals surface area contributed by atoms with Crippen LogP contribution < -0.4 is 0 Å². The Morgan fingerprint density at radius 2 is 2.33 bits per heavy atom. The molecule has 0 atom stereocenters. The highest BCUT2D eigenvalue weighted by Crippen LogP contribution is 2.31. The molecular formula is C12H9BrFNO3. The summed E-state index contributed by atoms with van der Waals surface area (Å²) < 4.78 is 23.9. The quantitative estimate of drug-likeness (QED) is 0.815. The van der Waals surface area contributed by atoms with Crippen LogP contribution in [0.2, 0.25) is 0 Å². The molecule has 6 heteroatoms. The molecule has 0 aliphatic heterocycles. The number of benzene rings is 1. The van der Waals surface area contributed by atoms with Crippen molar-refractivity contribution in [3.05, 3.63) is 40.2 Å². The topological polar surface area (TPSA) is 52.3 Å².